The number of hydrogen-bond donors (Lipinski definition) is 1. The molecule has 2 aromatic rings. The highest BCUT2D eigenvalue weighted by atomic mass is 35.5. The summed E-state index contributed by atoms with van der Waals surface area (Å²) >= 11 is 10.7. The number of aromatic nitrogens is 1. The molecule has 1 aromatic heterocycles. The Kier molecular flexibility index (Phi) is 5.46. The Bertz CT molecular complexity index is 734. The van der Waals surface area contributed by atoms with Crippen LogP contribution >= 0.6 is 23.2 Å². The Labute approximate surface area is 147 Å². The van der Waals surface area contributed by atoms with Crippen LogP contribution in [0.3, 0.4) is 0 Å². The van der Waals surface area contributed by atoms with E-state index in [2.05, 4.69) is 10.3 Å². The molecule has 0 fully saturated rings. The number of nitrogens with one attached hydrogen (secondary N) is 1. The molecule has 0 bridgehead atoms. The summed E-state index contributed by atoms with van der Waals surface area (Å²) in [6, 6.07) is 7.96. The molecule has 0 aliphatic carbocycles. The van der Waals surface area contributed by atoms with Gasteiger partial charge in [0.25, 0.3) is 0 Å². The second kappa shape index (κ2) is 7.19. The molecule has 128 valence electrons. The maximum atomic E-state index is 13.2. The zero-order chi connectivity index (χ0) is 17.9. The molecule has 0 aliphatic rings. The molecule has 0 atom stereocenters. The number of nitrogens with zero attached hydrogens (tertiary/aromatic N) is 2. The van der Waals surface area contributed by atoms with Crippen LogP contribution in [0.4, 0.5) is 19.3 Å². The van der Waals surface area contributed by atoms with Crippen molar-refractivity contribution in [3.63, 3.8) is 0 Å². The SMILES string of the molecule is CN(C)C(=O)Nc1ccc(Oc2cc(C(F)(F)Cl)cc(Cl)n2)cc1. The average molecular weight is 376 g/mol. The Hall–Kier alpha value is -2.12. The van der Waals surface area contributed by atoms with E-state index in [0.717, 1.165) is 12.1 Å². The molecular formula is C15H13Cl2F2N3O2. The summed E-state index contributed by atoms with van der Waals surface area (Å²) in [7, 11) is 3.23. The van der Waals surface area contributed by atoms with Crippen molar-refractivity contribution in [3.05, 3.63) is 47.1 Å². The lowest BCUT2D eigenvalue weighted by atomic mass is 10.2. The Morgan fingerprint density at radius 1 is 1.25 bits per heavy atom. The smallest absolute Gasteiger partial charge is 0.348 e. The van der Waals surface area contributed by atoms with E-state index in [-0.39, 0.29) is 17.1 Å². The van der Waals surface area contributed by atoms with Gasteiger partial charge in [-0.25, -0.2) is 9.78 Å². The number of alkyl halides is 3. The number of carbonyl (C=O) groups excluding carboxylic acids is 1. The van der Waals surface area contributed by atoms with Crippen molar-refractivity contribution in [2.24, 2.45) is 0 Å². The van der Waals surface area contributed by atoms with Crippen molar-refractivity contribution in [1.29, 1.82) is 0 Å². The molecule has 0 saturated carbocycles. The van der Waals surface area contributed by atoms with Gasteiger partial charge in [0.15, 0.2) is 0 Å². The van der Waals surface area contributed by atoms with E-state index in [9.17, 15) is 13.6 Å². The number of ether oxygens (including phenoxy) is 1. The third-order valence-corrected chi connectivity index (χ3v) is 3.24. The first-order chi connectivity index (χ1) is 11.1. The van der Waals surface area contributed by atoms with Crippen LogP contribution < -0.4 is 10.1 Å². The summed E-state index contributed by atoms with van der Waals surface area (Å²) in [6.45, 7) is 0. The number of halogens is 4. The number of urea groups is 1. The number of amides is 2. The van der Waals surface area contributed by atoms with E-state index >= 15 is 0 Å². The highest BCUT2D eigenvalue weighted by Gasteiger charge is 2.29. The van der Waals surface area contributed by atoms with Gasteiger partial charge in [-0.2, -0.15) is 8.78 Å². The van der Waals surface area contributed by atoms with Gasteiger partial charge in [-0.1, -0.05) is 11.6 Å². The van der Waals surface area contributed by atoms with Crippen LogP contribution in [0.5, 0.6) is 11.6 Å². The number of anilines is 1. The second-order valence-electron chi connectivity index (χ2n) is 4.97. The van der Waals surface area contributed by atoms with Crippen molar-refractivity contribution in [2.45, 2.75) is 5.38 Å². The van der Waals surface area contributed by atoms with Crippen LogP contribution in [0.1, 0.15) is 5.56 Å². The monoisotopic (exact) mass is 375 g/mol. The van der Waals surface area contributed by atoms with Gasteiger partial charge in [0, 0.05) is 31.4 Å². The summed E-state index contributed by atoms with van der Waals surface area (Å²) in [5.74, 6) is 0.208. The molecule has 0 saturated heterocycles. The van der Waals surface area contributed by atoms with E-state index in [4.69, 9.17) is 27.9 Å². The lowest BCUT2D eigenvalue weighted by molar-refractivity contribution is 0.0947. The third kappa shape index (κ3) is 4.94. The summed E-state index contributed by atoms with van der Waals surface area (Å²) in [4.78, 5) is 16.7. The third-order valence-electron chi connectivity index (χ3n) is 2.83. The topological polar surface area (TPSA) is 54.5 Å². The largest absolute Gasteiger partial charge is 0.439 e. The highest BCUT2D eigenvalue weighted by Crippen LogP contribution is 2.35. The first-order valence-corrected chi connectivity index (χ1v) is 7.42. The fourth-order valence-electron chi connectivity index (χ4n) is 1.65. The van der Waals surface area contributed by atoms with Crippen molar-refractivity contribution in [3.8, 4) is 11.6 Å². The fourth-order valence-corrected chi connectivity index (χ4v) is 1.96. The Balaban J connectivity index is 2.14. The average Bonchev–Trinajstić information content (AvgIpc) is 2.47. The van der Waals surface area contributed by atoms with Crippen LogP contribution in [0.25, 0.3) is 0 Å². The Morgan fingerprint density at radius 3 is 2.42 bits per heavy atom. The first kappa shape index (κ1) is 18.2. The van der Waals surface area contributed by atoms with Gasteiger partial charge in [-0.05, 0) is 41.9 Å². The zero-order valence-electron chi connectivity index (χ0n) is 12.7. The minimum atomic E-state index is -3.58. The van der Waals surface area contributed by atoms with Crippen LogP contribution in [0, 0.1) is 0 Å². The van der Waals surface area contributed by atoms with Crippen molar-refractivity contribution < 1.29 is 18.3 Å². The summed E-state index contributed by atoms with van der Waals surface area (Å²) in [5, 5.41) is -1.10. The van der Waals surface area contributed by atoms with Gasteiger partial charge in [-0.15, -0.1) is 0 Å². The molecule has 1 N–H and O–H groups in total. The Morgan fingerprint density at radius 2 is 1.88 bits per heavy atom. The summed E-state index contributed by atoms with van der Waals surface area (Å²) < 4.78 is 31.7. The van der Waals surface area contributed by atoms with Crippen LogP contribution in [0.15, 0.2) is 36.4 Å². The van der Waals surface area contributed by atoms with E-state index in [1.54, 1.807) is 38.4 Å². The van der Waals surface area contributed by atoms with Crippen LogP contribution in [-0.2, 0) is 5.38 Å². The van der Waals surface area contributed by atoms with Crippen molar-refractivity contribution >= 4 is 34.9 Å². The zero-order valence-corrected chi connectivity index (χ0v) is 14.2. The standard InChI is InChI=1S/C15H13Cl2F2N3O2/c1-22(2)14(23)20-10-3-5-11(6-4-10)24-13-8-9(15(17,18)19)7-12(16)21-13/h3-8H,1-2H3,(H,20,23). The molecule has 24 heavy (non-hydrogen) atoms. The molecule has 9 heteroatoms. The van der Waals surface area contributed by atoms with Gasteiger partial charge < -0.3 is 15.0 Å². The molecule has 5 nitrogen and oxygen atoms in total. The number of hydrogen-bond acceptors (Lipinski definition) is 3. The summed E-state index contributed by atoms with van der Waals surface area (Å²) in [5.41, 5.74) is 0.0297. The minimum Gasteiger partial charge on any atom is -0.439 e. The predicted octanol–water partition coefficient (Wildman–Crippen LogP) is 4.91. The van der Waals surface area contributed by atoms with E-state index in [1.807, 2.05) is 0 Å². The first-order valence-electron chi connectivity index (χ1n) is 6.66. The normalized spacial score (nSPS) is 11.1. The predicted molar refractivity (Wildman–Crippen MR) is 88.2 cm³/mol. The van der Waals surface area contributed by atoms with E-state index in [0.29, 0.717) is 11.4 Å². The fraction of sp³-hybridized carbons (Fsp3) is 0.200. The second-order valence-corrected chi connectivity index (χ2v) is 5.83. The molecule has 1 aromatic carbocycles. The summed E-state index contributed by atoms with van der Waals surface area (Å²) in [6.07, 6.45) is 0. The molecule has 1 heterocycles. The van der Waals surface area contributed by atoms with Crippen LogP contribution in [0.2, 0.25) is 5.15 Å². The lowest BCUT2D eigenvalue weighted by Crippen LogP contribution is -2.27. The van der Waals surface area contributed by atoms with E-state index < -0.39 is 10.9 Å². The number of pyridine rings is 1. The molecule has 0 aliphatic heterocycles. The molecule has 2 rings (SSSR count). The number of benzene rings is 1. The molecule has 0 radical (unpaired) electrons. The molecular weight excluding hydrogens is 363 g/mol. The quantitative estimate of drug-likeness (QED) is 0.610. The molecule has 2 amide bonds. The maximum Gasteiger partial charge on any atom is 0.348 e. The number of rotatable bonds is 4. The minimum absolute atomic E-state index is 0.122. The van der Waals surface area contributed by atoms with Crippen molar-refractivity contribution in [1.82, 2.24) is 9.88 Å². The van der Waals surface area contributed by atoms with Gasteiger partial charge >= 0.3 is 11.4 Å². The lowest BCUT2D eigenvalue weighted by Gasteiger charge is -2.13. The van der Waals surface area contributed by atoms with Gasteiger partial charge in [0.1, 0.15) is 10.9 Å². The maximum absolute atomic E-state index is 13.2. The highest BCUT2D eigenvalue weighted by molar-refractivity contribution is 6.29. The van der Waals surface area contributed by atoms with Gasteiger partial charge in [0.2, 0.25) is 5.88 Å². The molecule has 0 spiro atoms. The van der Waals surface area contributed by atoms with Gasteiger partial charge in [0.05, 0.1) is 0 Å². The van der Waals surface area contributed by atoms with E-state index in [1.165, 1.54) is 4.90 Å². The van der Waals surface area contributed by atoms with Gasteiger partial charge in [-0.3, -0.25) is 0 Å². The van der Waals surface area contributed by atoms with Crippen molar-refractivity contribution in [2.75, 3.05) is 19.4 Å². The molecule has 0 unspecified atom stereocenters. The number of carbonyl (C=O) groups is 1. The van der Waals surface area contributed by atoms with Crippen LogP contribution in [-0.4, -0.2) is 30.0 Å².